The molecule has 1 heterocycles. The highest BCUT2D eigenvalue weighted by atomic mass is 32.2. The number of aliphatic hydroxyl groups excluding tert-OH is 1. The summed E-state index contributed by atoms with van der Waals surface area (Å²) in [7, 11) is 0. The maximum absolute atomic E-state index is 11.6. The highest BCUT2D eigenvalue weighted by molar-refractivity contribution is 8.15. The molecule has 2 atom stereocenters. The quantitative estimate of drug-likeness (QED) is 0.371. The van der Waals surface area contributed by atoms with Crippen LogP contribution < -0.4 is 20.7 Å². The summed E-state index contributed by atoms with van der Waals surface area (Å²) in [5.74, 6) is 0.297. The first-order chi connectivity index (χ1) is 14.0. The summed E-state index contributed by atoms with van der Waals surface area (Å²) < 4.78 is 5.44. The summed E-state index contributed by atoms with van der Waals surface area (Å²) >= 11 is 0.928. The number of nitrogens with one attached hydrogen (secondary N) is 3. The number of anilines is 1. The molecule has 29 heavy (non-hydrogen) atoms. The molecular weight excluding hydrogens is 394 g/mol. The second-order valence-corrected chi connectivity index (χ2v) is 7.61. The number of hydrogen-bond donors (Lipinski definition) is 5. The van der Waals surface area contributed by atoms with Gasteiger partial charge in [-0.1, -0.05) is 18.2 Å². The Morgan fingerprint density at radius 3 is 2.66 bits per heavy atom. The van der Waals surface area contributed by atoms with Gasteiger partial charge in [-0.2, -0.15) is 0 Å². The van der Waals surface area contributed by atoms with Crippen molar-refractivity contribution in [3.05, 3.63) is 54.1 Å². The van der Waals surface area contributed by atoms with Crippen molar-refractivity contribution in [2.24, 2.45) is 0 Å². The third-order valence-electron chi connectivity index (χ3n) is 4.17. The van der Waals surface area contributed by atoms with Crippen molar-refractivity contribution in [3.63, 3.8) is 0 Å². The van der Waals surface area contributed by atoms with Crippen LogP contribution in [0.4, 0.5) is 10.5 Å². The lowest BCUT2D eigenvalue weighted by atomic mass is 10.1. The molecule has 2 amide bonds. The molecule has 0 radical (unpaired) electrons. The molecule has 3 rings (SSSR count). The number of amides is 2. The van der Waals surface area contributed by atoms with Crippen LogP contribution in [0.1, 0.15) is 5.56 Å². The number of benzene rings is 2. The van der Waals surface area contributed by atoms with Crippen molar-refractivity contribution in [2.45, 2.75) is 17.9 Å². The van der Waals surface area contributed by atoms with Crippen LogP contribution in [-0.4, -0.2) is 52.5 Å². The van der Waals surface area contributed by atoms with E-state index in [-0.39, 0.29) is 23.5 Å². The Balaban J connectivity index is 1.33. The van der Waals surface area contributed by atoms with Gasteiger partial charge in [-0.3, -0.25) is 14.9 Å². The molecule has 1 aliphatic heterocycles. The standard InChI is InChI=1S/C20H23N3O5S/c24-15-2-1-3-17(10-15)28-12-16(25)11-21-9-8-13-4-6-14(7-5-13)22-19-18(26)23-20(27)29-19/h1-7,10,16,19,21-22,24-25H,8-9,11-12H2,(H,23,26,27)/t16-,19?/m0/s1. The van der Waals surface area contributed by atoms with Gasteiger partial charge in [0.25, 0.3) is 11.1 Å². The number of phenols is 1. The first-order valence-corrected chi connectivity index (χ1v) is 10.0. The number of hydrogen-bond acceptors (Lipinski definition) is 8. The zero-order valence-electron chi connectivity index (χ0n) is 15.6. The van der Waals surface area contributed by atoms with Crippen LogP contribution >= 0.6 is 11.8 Å². The maximum Gasteiger partial charge on any atom is 0.288 e. The van der Waals surface area contributed by atoms with E-state index in [0.29, 0.717) is 18.8 Å². The number of carbonyl (C=O) groups is 2. The Hall–Kier alpha value is -2.75. The number of thioether (sulfide) groups is 1. The van der Waals surface area contributed by atoms with Crippen LogP contribution in [0.3, 0.4) is 0 Å². The van der Waals surface area contributed by atoms with Gasteiger partial charge in [0, 0.05) is 18.3 Å². The van der Waals surface area contributed by atoms with Gasteiger partial charge in [-0.25, -0.2) is 0 Å². The molecule has 9 heteroatoms. The fraction of sp³-hybridized carbons (Fsp3) is 0.300. The van der Waals surface area contributed by atoms with Crippen LogP contribution in [0.2, 0.25) is 0 Å². The Labute approximate surface area is 172 Å². The lowest BCUT2D eigenvalue weighted by Crippen LogP contribution is -2.32. The molecule has 154 valence electrons. The monoisotopic (exact) mass is 417 g/mol. The lowest BCUT2D eigenvalue weighted by molar-refractivity contribution is -0.118. The molecule has 0 spiro atoms. The molecule has 2 aromatic rings. The molecule has 0 aromatic heterocycles. The fourth-order valence-electron chi connectivity index (χ4n) is 2.70. The van der Waals surface area contributed by atoms with Gasteiger partial charge in [0.15, 0.2) is 5.37 Å². The SMILES string of the molecule is O=C1NC(=O)C(Nc2ccc(CCNC[C@H](O)COc3cccc(O)c3)cc2)S1. The minimum Gasteiger partial charge on any atom is -0.508 e. The predicted molar refractivity (Wildman–Crippen MR) is 111 cm³/mol. The van der Waals surface area contributed by atoms with E-state index >= 15 is 0 Å². The predicted octanol–water partition coefficient (Wildman–Crippen LogP) is 1.69. The summed E-state index contributed by atoms with van der Waals surface area (Å²) in [6.07, 6.45) is 0.110. The van der Waals surface area contributed by atoms with E-state index in [9.17, 15) is 19.8 Å². The number of phenolic OH excluding ortho intramolecular Hbond substituents is 1. The zero-order chi connectivity index (χ0) is 20.6. The van der Waals surface area contributed by atoms with Crippen LogP contribution in [0.5, 0.6) is 11.5 Å². The molecule has 0 bridgehead atoms. The summed E-state index contributed by atoms with van der Waals surface area (Å²) in [5, 5.41) is 26.8. The Morgan fingerprint density at radius 1 is 1.17 bits per heavy atom. The van der Waals surface area contributed by atoms with Gasteiger partial charge >= 0.3 is 0 Å². The second kappa shape index (κ2) is 10.1. The van der Waals surface area contributed by atoms with Crippen molar-refractivity contribution in [1.29, 1.82) is 0 Å². The van der Waals surface area contributed by atoms with Gasteiger partial charge in [-0.05, 0) is 54.6 Å². The van der Waals surface area contributed by atoms with Gasteiger partial charge < -0.3 is 25.6 Å². The molecule has 0 aliphatic carbocycles. The van der Waals surface area contributed by atoms with E-state index in [4.69, 9.17) is 4.74 Å². The molecule has 1 unspecified atom stereocenters. The Kier molecular flexibility index (Phi) is 7.34. The molecule has 1 saturated heterocycles. The van der Waals surface area contributed by atoms with Gasteiger partial charge in [0.2, 0.25) is 0 Å². The number of ether oxygens (including phenoxy) is 1. The summed E-state index contributed by atoms with van der Waals surface area (Å²) in [6.45, 7) is 1.21. The topological polar surface area (TPSA) is 120 Å². The number of aromatic hydroxyl groups is 1. The molecule has 1 aliphatic rings. The second-order valence-electron chi connectivity index (χ2n) is 6.53. The third-order valence-corrected chi connectivity index (χ3v) is 5.05. The van der Waals surface area contributed by atoms with E-state index in [1.807, 2.05) is 24.3 Å². The first kappa shape index (κ1) is 21.0. The Bertz CT molecular complexity index is 846. The average molecular weight is 417 g/mol. The first-order valence-electron chi connectivity index (χ1n) is 9.17. The van der Waals surface area contributed by atoms with Gasteiger partial charge in [0.1, 0.15) is 24.2 Å². The van der Waals surface area contributed by atoms with E-state index in [2.05, 4.69) is 16.0 Å². The minimum absolute atomic E-state index is 0.120. The largest absolute Gasteiger partial charge is 0.508 e. The van der Waals surface area contributed by atoms with E-state index in [1.165, 1.54) is 6.07 Å². The summed E-state index contributed by atoms with van der Waals surface area (Å²) in [6, 6.07) is 14.1. The van der Waals surface area contributed by atoms with Crippen LogP contribution in [-0.2, 0) is 11.2 Å². The number of rotatable bonds is 10. The maximum atomic E-state index is 11.6. The van der Waals surface area contributed by atoms with E-state index in [1.54, 1.807) is 18.2 Å². The van der Waals surface area contributed by atoms with Crippen molar-refractivity contribution < 1.29 is 24.5 Å². The number of carbonyl (C=O) groups excluding carboxylic acids is 2. The van der Waals surface area contributed by atoms with Crippen molar-refractivity contribution >= 4 is 28.6 Å². The highest BCUT2D eigenvalue weighted by Gasteiger charge is 2.31. The fourth-order valence-corrected chi connectivity index (χ4v) is 3.43. The molecule has 0 saturated carbocycles. The zero-order valence-corrected chi connectivity index (χ0v) is 16.4. The summed E-state index contributed by atoms with van der Waals surface area (Å²) in [5.41, 5.74) is 1.87. The van der Waals surface area contributed by atoms with Crippen molar-refractivity contribution in [2.75, 3.05) is 25.0 Å². The van der Waals surface area contributed by atoms with Crippen LogP contribution in [0.25, 0.3) is 0 Å². The molecule has 5 N–H and O–H groups in total. The van der Waals surface area contributed by atoms with E-state index in [0.717, 1.165) is 29.4 Å². The van der Waals surface area contributed by atoms with E-state index < -0.39 is 11.5 Å². The summed E-state index contributed by atoms with van der Waals surface area (Å²) in [4.78, 5) is 22.7. The van der Waals surface area contributed by atoms with Crippen LogP contribution in [0, 0.1) is 0 Å². The molecule has 2 aromatic carbocycles. The third kappa shape index (κ3) is 6.67. The number of imide groups is 1. The van der Waals surface area contributed by atoms with Crippen LogP contribution in [0.15, 0.2) is 48.5 Å². The van der Waals surface area contributed by atoms with Crippen molar-refractivity contribution in [1.82, 2.24) is 10.6 Å². The number of aliphatic hydroxyl groups is 1. The molecule has 8 nitrogen and oxygen atoms in total. The Morgan fingerprint density at radius 2 is 1.97 bits per heavy atom. The molecule has 1 fully saturated rings. The smallest absolute Gasteiger partial charge is 0.288 e. The van der Waals surface area contributed by atoms with Crippen molar-refractivity contribution in [3.8, 4) is 11.5 Å². The minimum atomic E-state index is -0.665. The lowest BCUT2D eigenvalue weighted by Gasteiger charge is -2.14. The average Bonchev–Trinajstić information content (AvgIpc) is 3.01. The van der Waals surface area contributed by atoms with Gasteiger partial charge in [0.05, 0.1) is 0 Å². The molecular formula is C20H23N3O5S. The van der Waals surface area contributed by atoms with Gasteiger partial charge in [-0.15, -0.1) is 0 Å². The highest BCUT2D eigenvalue weighted by Crippen LogP contribution is 2.22. The normalized spacial score (nSPS) is 17.1.